The fraction of sp³-hybridized carbons (Fsp3) is 0.250. The zero-order chi connectivity index (χ0) is 26.0. The van der Waals surface area contributed by atoms with E-state index < -0.39 is 16.7 Å². The fourth-order valence-corrected chi connectivity index (χ4v) is 4.38. The topological polar surface area (TPSA) is 125 Å². The molecule has 2 aliphatic rings. The van der Waals surface area contributed by atoms with E-state index in [-0.39, 0.29) is 22.3 Å². The van der Waals surface area contributed by atoms with Gasteiger partial charge in [-0.2, -0.15) is 0 Å². The number of piperazine rings is 1. The average Bonchev–Trinajstić information content (AvgIpc) is 2.86. The summed E-state index contributed by atoms with van der Waals surface area (Å²) in [5.74, 6) is -0.804. The molecular weight excluding hydrogens is 486 g/mol. The lowest BCUT2D eigenvalue weighted by Gasteiger charge is -2.36. The third kappa shape index (κ3) is 4.89. The van der Waals surface area contributed by atoms with Crippen LogP contribution in [0.1, 0.15) is 12.5 Å². The van der Waals surface area contributed by atoms with Gasteiger partial charge in [-0.15, -0.1) is 0 Å². The molecule has 2 aromatic rings. The van der Waals surface area contributed by atoms with Crippen molar-refractivity contribution in [1.29, 1.82) is 0 Å². The van der Waals surface area contributed by atoms with E-state index in [1.807, 2.05) is 4.90 Å². The Kier molecular flexibility index (Phi) is 6.97. The van der Waals surface area contributed by atoms with Gasteiger partial charge in [-0.1, -0.05) is 0 Å². The lowest BCUT2D eigenvalue weighted by molar-refractivity contribution is -0.384. The first-order valence-electron chi connectivity index (χ1n) is 11.0. The summed E-state index contributed by atoms with van der Waals surface area (Å²) in [4.78, 5) is 53.7. The predicted octanol–water partition coefficient (Wildman–Crippen LogP) is 2.10. The molecule has 3 amide bonds. The molecule has 12 heteroatoms. The highest BCUT2D eigenvalue weighted by atomic mass is 32.1. The van der Waals surface area contributed by atoms with Gasteiger partial charge in [0.1, 0.15) is 11.3 Å². The molecule has 36 heavy (non-hydrogen) atoms. The number of nitrogens with one attached hydrogen (secondary N) is 1. The molecule has 0 bridgehead atoms. The maximum absolute atomic E-state index is 13.4. The van der Waals surface area contributed by atoms with Crippen molar-refractivity contribution in [3.63, 3.8) is 0 Å². The molecular formula is C24H23N5O6S. The lowest BCUT2D eigenvalue weighted by atomic mass is 10.0. The number of nitro groups is 1. The van der Waals surface area contributed by atoms with Crippen molar-refractivity contribution in [1.82, 2.24) is 10.2 Å². The van der Waals surface area contributed by atoms with Crippen LogP contribution in [0.3, 0.4) is 0 Å². The van der Waals surface area contributed by atoms with Gasteiger partial charge in [0, 0.05) is 56.5 Å². The van der Waals surface area contributed by atoms with E-state index in [1.165, 1.54) is 37.1 Å². The number of non-ortho nitro benzene ring substituents is 1. The Labute approximate surface area is 212 Å². The summed E-state index contributed by atoms with van der Waals surface area (Å²) >= 11 is 5.24. The highest BCUT2D eigenvalue weighted by Gasteiger charge is 2.35. The number of rotatable bonds is 5. The number of thiocarbonyl (C=S) groups is 1. The van der Waals surface area contributed by atoms with Crippen LogP contribution in [0.4, 0.5) is 17.1 Å². The molecule has 1 N–H and O–H groups in total. The number of amides is 3. The van der Waals surface area contributed by atoms with Crippen LogP contribution >= 0.6 is 12.2 Å². The van der Waals surface area contributed by atoms with Gasteiger partial charge in [0.15, 0.2) is 5.11 Å². The molecule has 2 fully saturated rings. The van der Waals surface area contributed by atoms with Crippen molar-refractivity contribution in [2.45, 2.75) is 6.92 Å². The number of benzene rings is 2. The second-order valence-electron chi connectivity index (χ2n) is 8.15. The quantitative estimate of drug-likeness (QED) is 0.214. The summed E-state index contributed by atoms with van der Waals surface area (Å²) in [5, 5.41) is 13.9. The van der Waals surface area contributed by atoms with E-state index in [1.54, 1.807) is 35.2 Å². The summed E-state index contributed by atoms with van der Waals surface area (Å²) in [5.41, 5.74) is 0.974. The third-order valence-corrected chi connectivity index (χ3v) is 6.30. The number of nitrogens with zero attached hydrogens (tertiary/aromatic N) is 4. The molecule has 2 heterocycles. The molecule has 0 radical (unpaired) electrons. The van der Waals surface area contributed by atoms with Crippen LogP contribution in [0.5, 0.6) is 5.75 Å². The summed E-state index contributed by atoms with van der Waals surface area (Å²) in [7, 11) is 1.52. The number of hydrogen-bond donors (Lipinski definition) is 1. The summed E-state index contributed by atoms with van der Waals surface area (Å²) < 4.78 is 5.15. The van der Waals surface area contributed by atoms with Gasteiger partial charge in [-0.25, -0.2) is 0 Å². The van der Waals surface area contributed by atoms with Crippen molar-refractivity contribution in [3.05, 3.63) is 63.7 Å². The summed E-state index contributed by atoms with van der Waals surface area (Å²) in [6.07, 6.45) is 1.34. The zero-order valence-corrected chi connectivity index (χ0v) is 20.4. The first kappa shape index (κ1) is 24.8. The molecule has 0 atom stereocenters. The van der Waals surface area contributed by atoms with E-state index in [9.17, 15) is 24.5 Å². The van der Waals surface area contributed by atoms with Gasteiger partial charge in [-0.05, 0) is 48.6 Å². The van der Waals surface area contributed by atoms with Gasteiger partial charge in [0.05, 0.1) is 17.7 Å². The maximum atomic E-state index is 13.4. The highest BCUT2D eigenvalue weighted by molar-refractivity contribution is 7.80. The fourth-order valence-electron chi connectivity index (χ4n) is 4.10. The standard InChI is InChI=1S/C24H23N5O6S/c1-15(30)26-9-11-27(12-10-26)21-8-5-18(29(33)34)13-16(21)14-20-22(31)25-24(36)28(23(20)32)17-3-6-19(35-2)7-4-17/h3-8,13-14H,9-12H2,1-2H3,(H,25,31,36)/b20-14-. The number of methoxy groups -OCH3 is 1. The second kappa shape index (κ2) is 10.1. The van der Waals surface area contributed by atoms with E-state index in [4.69, 9.17) is 17.0 Å². The van der Waals surface area contributed by atoms with Gasteiger partial charge in [-0.3, -0.25) is 34.7 Å². The number of ether oxygens (including phenoxy) is 1. The molecule has 0 aromatic heterocycles. The smallest absolute Gasteiger partial charge is 0.270 e. The zero-order valence-electron chi connectivity index (χ0n) is 19.6. The van der Waals surface area contributed by atoms with E-state index in [2.05, 4.69) is 5.32 Å². The first-order valence-corrected chi connectivity index (χ1v) is 11.4. The lowest BCUT2D eigenvalue weighted by Crippen LogP contribution is -2.54. The maximum Gasteiger partial charge on any atom is 0.270 e. The van der Waals surface area contributed by atoms with Gasteiger partial charge < -0.3 is 14.5 Å². The normalized spacial score (nSPS) is 17.3. The molecule has 4 rings (SSSR count). The molecule has 11 nitrogen and oxygen atoms in total. The van der Waals surface area contributed by atoms with E-state index >= 15 is 0 Å². The number of carbonyl (C=O) groups excluding carboxylic acids is 3. The largest absolute Gasteiger partial charge is 0.497 e. The number of nitro benzene ring substituents is 1. The molecule has 2 aromatic carbocycles. The van der Waals surface area contributed by atoms with Crippen LogP contribution in [0.15, 0.2) is 48.0 Å². The average molecular weight is 510 g/mol. The van der Waals surface area contributed by atoms with Crippen molar-refractivity contribution >= 4 is 58.2 Å². The molecule has 0 spiro atoms. The number of carbonyl (C=O) groups is 3. The Balaban J connectivity index is 1.73. The van der Waals surface area contributed by atoms with Crippen LogP contribution in [0, 0.1) is 10.1 Å². The van der Waals surface area contributed by atoms with Crippen molar-refractivity contribution in [2.75, 3.05) is 43.1 Å². The summed E-state index contributed by atoms with van der Waals surface area (Å²) in [6, 6.07) is 10.9. The van der Waals surface area contributed by atoms with Gasteiger partial charge in [0.25, 0.3) is 17.5 Å². The molecule has 2 aliphatic heterocycles. The van der Waals surface area contributed by atoms with Gasteiger partial charge >= 0.3 is 0 Å². The van der Waals surface area contributed by atoms with Crippen LogP contribution in [-0.2, 0) is 14.4 Å². The first-order chi connectivity index (χ1) is 17.2. The highest BCUT2D eigenvalue weighted by Crippen LogP contribution is 2.30. The molecule has 2 saturated heterocycles. The van der Waals surface area contributed by atoms with Crippen LogP contribution in [-0.4, -0.2) is 65.9 Å². The summed E-state index contributed by atoms with van der Waals surface area (Å²) in [6.45, 7) is 3.47. The Bertz CT molecular complexity index is 1280. The SMILES string of the molecule is COc1ccc(N2C(=O)/C(=C\c3cc([N+](=O)[O-])ccc3N3CCN(C(C)=O)CC3)C(=O)NC2=S)cc1. The van der Waals surface area contributed by atoms with E-state index in [0.717, 1.165) is 0 Å². The third-order valence-electron chi connectivity index (χ3n) is 6.02. The van der Waals surface area contributed by atoms with Crippen molar-refractivity contribution < 1.29 is 24.0 Å². The monoisotopic (exact) mass is 509 g/mol. The van der Waals surface area contributed by atoms with Crippen LogP contribution in [0.25, 0.3) is 6.08 Å². The Morgan fingerprint density at radius 1 is 1.11 bits per heavy atom. The van der Waals surface area contributed by atoms with Crippen LogP contribution in [0.2, 0.25) is 0 Å². The molecule has 0 saturated carbocycles. The molecule has 186 valence electrons. The second-order valence-corrected chi connectivity index (χ2v) is 8.54. The molecule has 0 aliphatic carbocycles. The Morgan fingerprint density at radius 3 is 2.36 bits per heavy atom. The predicted molar refractivity (Wildman–Crippen MR) is 137 cm³/mol. The Morgan fingerprint density at radius 2 is 1.78 bits per heavy atom. The number of hydrogen-bond acceptors (Lipinski definition) is 8. The van der Waals surface area contributed by atoms with Gasteiger partial charge in [0.2, 0.25) is 5.91 Å². The van der Waals surface area contributed by atoms with E-state index in [0.29, 0.717) is 48.9 Å². The van der Waals surface area contributed by atoms with Crippen molar-refractivity contribution in [2.24, 2.45) is 0 Å². The number of anilines is 2. The van der Waals surface area contributed by atoms with Crippen LogP contribution < -0.4 is 19.9 Å². The molecule has 0 unspecified atom stereocenters. The minimum absolute atomic E-state index is 0.0280. The minimum Gasteiger partial charge on any atom is -0.497 e. The minimum atomic E-state index is -0.700. The van der Waals surface area contributed by atoms with Crippen molar-refractivity contribution in [3.8, 4) is 5.75 Å². The Hall–Kier alpha value is -4.32.